The molecule has 0 aromatic heterocycles. The van der Waals surface area contributed by atoms with Crippen LogP contribution in [-0.2, 0) is 6.18 Å². The van der Waals surface area contributed by atoms with Crippen molar-refractivity contribution in [3.8, 4) is 0 Å². The second kappa shape index (κ2) is 3.35. The Balaban J connectivity index is 3.38. The zero-order valence-electron chi connectivity index (χ0n) is 5.92. The summed E-state index contributed by atoms with van der Waals surface area (Å²) in [6, 6.07) is 1.41. The average Bonchev–Trinajstić information content (AvgIpc) is 1.78. The van der Waals surface area contributed by atoms with Crippen LogP contribution in [0.15, 0.2) is 12.1 Å². The predicted molar refractivity (Wildman–Crippen MR) is 41.4 cm³/mol. The quantitative estimate of drug-likeness (QED) is 0.590. The van der Waals surface area contributed by atoms with Crippen molar-refractivity contribution in [2.45, 2.75) is 6.18 Å². The van der Waals surface area contributed by atoms with Crippen LogP contribution in [0.1, 0.15) is 5.56 Å². The molecule has 0 N–H and O–H groups in total. The van der Waals surface area contributed by atoms with E-state index in [0.717, 1.165) is 6.07 Å². The van der Waals surface area contributed by atoms with Gasteiger partial charge in [-0.3, -0.25) is 0 Å². The van der Waals surface area contributed by atoms with E-state index in [4.69, 9.17) is 23.2 Å². The number of halogens is 6. The van der Waals surface area contributed by atoms with Gasteiger partial charge in [0.15, 0.2) is 0 Å². The van der Waals surface area contributed by atoms with Gasteiger partial charge in [0.1, 0.15) is 11.4 Å². The molecule has 0 aliphatic heterocycles. The van der Waals surface area contributed by atoms with Gasteiger partial charge in [-0.1, -0.05) is 23.2 Å². The topological polar surface area (TPSA) is 0 Å². The number of rotatable bonds is 0. The molecule has 1 rings (SSSR count). The van der Waals surface area contributed by atoms with Crippen molar-refractivity contribution in [1.29, 1.82) is 0 Å². The summed E-state index contributed by atoms with van der Waals surface area (Å²) in [5.74, 6) is -1.47. The van der Waals surface area contributed by atoms with Crippen molar-refractivity contribution in [2.75, 3.05) is 0 Å². The smallest absolute Gasteiger partial charge is 0.206 e. The Morgan fingerprint density at radius 3 is 2.00 bits per heavy atom. The van der Waals surface area contributed by atoms with Gasteiger partial charge in [0.2, 0.25) is 0 Å². The SMILES string of the molecule is Fc1cc(Cl)cc(Cl)c1C(F)(F)F. The summed E-state index contributed by atoms with van der Waals surface area (Å²) in [4.78, 5) is 0. The fourth-order valence-electron chi connectivity index (χ4n) is 0.813. The zero-order chi connectivity index (χ0) is 10.2. The lowest BCUT2D eigenvalue weighted by Crippen LogP contribution is -2.08. The van der Waals surface area contributed by atoms with Crippen LogP contribution in [0.4, 0.5) is 17.6 Å². The number of hydrogen-bond donors (Lipinski definition) is 0. The molecule has 0 radical (unpaired) electrons. The van der Waals surface area contributed by atoms with Crippen LogP contribution in [0.5, 0.6) is 0 Å². The number of benzene rings is 1. The fourth-order valence-corrected chi connectivity index (χ4v) is 1.39. The van der Waals surface area contributed by atoms with Crippen molar-refractivity contribution in [1.82, 2.24) is 0 Å². The minimum Gasteiger partial charge on any atom is -0.206 e. The van der Waals surface area contributed by atoms with Crippen molar-refractivity contribution in [3.05, 3.63) is 33.6 Å². The molecule has 0 fully saturated rings. The Morgan fingerprint density at radius 2 is 1.62 bits per heavy atom. The minimum atomic E-state index is -4.80. The zero-order valence-corrected chi connectivity index (χ0v) is 7.43. The van der Waals surface area contributed by atoms with Gasteiger partial charge in [-0.15, -0.1) is 0 Å². The van der Waals surface area contributed by atoms with E-state index in [2.05, 4.69) is 0 Å². The molecule has 0 unspecified atom stereocenters. The first-order valence-corrected chi connectivity index (χ1v) is 3.79. The molecular formula is C7H2Cl2F4. The van der Waals surface area contributed by atoms with Crippen molar-refractivity contribution < 1.29 is 17.6 Å². The van der Waals surface area contributed by atoms with E-state index in [1.165, 1.54) is 0 Å². The van der Waals surface area contributed by atoms with E-state index in [9.17, 15) is 17.6 Å². The first kappa shape index (κ1) is 10.6. The average molecular weight is 233 g/mol. The summed E-state index contributed by atoms with van der Waals surface area (Å²) >= 11 is 10.5. The Kier molecular flexibility index (Phi) is 2.73. The van der Waals surface area contributed by atoms with Gasteiger partial charge in [0, 0.05) is 5.02 Å². The standard InChI is InChI=1S/C7H2Cl2F4/c8-3-1-4(9)6(5(10)2-3)7(11,12)13/h1-2H. The summed E-state index contributed by atoms with van der Waals surface area (Å²) in [6.07, 6.45) is -4.80. The molecule has 72 valence electrons. The van der Waals surface area contributed by atoms with Crippen LogP contribution in [0.25, 0.3) is 0 Å². The van der Waals surface area contributed by atoms with Gasteiger partial charge < -0.3 is 0 Å². The lowest BCUT2D eigenvalue weighted by Gasteiger charge is -2.09. The minimum absolute atomic E-state index is 0.171. The monoisotopic (exact) mass is 232 g/mol. The molecule has 0 nitrogen and oxygen atoms in total. The molecule has 13 heavy (non-hydrogen) atoms. The van der Waals surface area contributed by atoms with Gasteiger partial charge in [-0.2, -0.15) is 13.2 Å². The van der Waals surface area contributed by atoms with Crippen LogP contribution in [0, 0.1) is 5.82 Å². The Hall–Kier alpha value is -0.480. The van der Waals surface area contributed by atoms with E-state index in [1.54, 1.807) is 0 Å². The highest BCUT2D eigenvalue weighted by atomic mass is 35.5. The van der Waals surface area contributed by atoms with E-state index in [1.807, 2.05) is 0 Å². The highest BCUT2D eigenvalue weighted by Crippen LogP contribution is 2.37. The van der Waals surface area contributed by atoms with Crippen LogP contribution in [0.2, 0.25) is 10.0 Å². The molecule has 1 aromatic rings. The molecule has 0 spiro atoms. The summed E-state index contributed by atoms with van der Waals surface area (Å²) in [6.45, 7) is 0. The fraction of sp³-hybridized carbons (Fsp3) is 0.143. The van der Waals surface area contributed by atoms with Gasteiger partial charge in [-0.25, -0.2) is 4.39 Å². The number of hydrogen-bond acceptors (Lipinski definition) is 0. The summed E-state index contributed by atoms with van der Waals surface area (Å²) in [7, 11) is 0. The van der Waals surface area contributed by atoms with Crippen molar-refractivity contribution in [2.24, 2.45) is 0 Å². The maximum atomic E-state index is 12.7. The molecule has 1 aromatic carbocycles. The maximum Gasteiger partial charge on any atom is 0.420 e. The molecule has 6 heteroatoms. The Labute approximate surface area is 81.1 Å². The van der Waals surface area contributed by atoms with Gasteiger partial charge in [0.05, 0.1) is 5.02 Å². The second-order valence-corrected chi connectivity index (χ2v) is 3.09. The van der Waals surface area contributed by atoms with Gasteiger partial charge >= 0.3 is 6.18 Å². The first-order chi connectivity index (χ1) is 5.82. The Bertz CT molecular complexity index is 309. The van der Waals surface area contributed by atoms with E-state index in [0.29, 0.717) is 6.07 Å². The predicted octanol–water partition coefficient (Wildman–Crippen LogP) is 4.15. The first-order valence-electron chi connectivity index (χ1n) is 3.04. The molecular weight excluding hydrogens is 231 g/mol. The van der Waals surface area contributed by atoms with Crippen LogP contribution < -0.4 is 0 Å². The molecule has 0 bridgehead atoms. The van der Waals surface area contributed by atoms with Crippen LogP contribution >= 0.6 is 23.2 Å². The van der Waals surface area contributed by atoms with E-state index >= 15 is 0 Å². The lowest BCUT2D eigenvalue weighted by molar-refractivity contribution is -0.139. The summed E-state index contributed by atoms with van der Waals surface area (Å²) < 4.78 is 48.9. The molecule has 0 saturated carbocycles. The molecule has 0 atom stereocenters. The highest BCUT2D eigenvalue weighted by molar-refractivity contribution is 6.35. The summed E-state index contributed by atoms with van der Waals surface area (Å²) in [5, 5.41) is -0.909. The van der Waals surface area contributed by atoms with Crippen molar-refractivity contribution >= 4 is 23.2 Å². The highest BCUT2D eigenvalue weighted by Gasteiger charge is 2.36. The van der Waals surface area contributed by atoms with Gasteiger partial charge in [-0.05, 0) is 12.1 Å². The lowest BCUT2D eigenvalue weighted by atomic mass is 10.2. The third-order valence-electron chi connectivity index (χ3n) is 1.29. The third-order valence-corrected chi connectivity index (χ3v) is 1.81. The molecule has 0 saturated heterocycles. The third kappa shape index (κ3) is 2.25. The van der Waals surface area contributed by atoms with E-state index < -0.39 is 22.6 Å². The largest absolute Gasteiger partial charge is 0.420 e. The van der Waals surface area contributed by atoms with Crippen LogP contribution in [0.3, 0.4) is 0 Å². The van der Waals surface area contributed by atoms with Crippen LogP contribution in [-0.4, -0.2) is 0 Å². The van der Waals surface area contributed by atoms with Crippen molar-refractivity contribution in [3.63, 3.8) is 0 Å². The molecule has 0 heterocycles. The summed E-state index contributed by atoms with van der Waals surface area (Å²) in [5.41, 5.74) is -1.49. The normalized spacial score (nSPS) is 11.8. The number of alkyl halides is 3. The molecule has 0 aliphatic carbocycles. The molecule has 0 aliphatic rings. The van der Waals surface area contributed by atoms with Gasteiger partial charge in [0.25, 0.3) is 0 Å². The Morgan fingerprint density at radius 1 is 1.08 bits per heavy atom. The molecule has 0 amide bonds. The maximum absolute atomic E-state index is 12.7. The second-order valence-electron chi connectivity index (χ2n) is 2.24. The van der Waals surface area contributed by atoms with E-state index in [-0.39, 0.29) is 5.02 Å².